The van der Waals surface area contributed by atoms with Gasteiger partial charge in [-0.05, 0) is 35.4 Å². The molecule has 0 saturated heterocycles. The van der Waals surface area contributed by atoms with Crippen molar-refractivity contribution < 1.29 is 17.6 Å². The van der Waals surface area contributed by atoms with Gasteiger partial charge in [0.2, 0.25) is 0 Å². The summed E-state index contributed by atoms with van der Waals surface area (Å²) in [6, 6.07) is 5.25. The minimum absolute atomic E-state index is 0.236. The van der Waals surface area contributed by atoms with Crippen LogP contribution in [0.15, 0.2) is 36.4 Å². The van der Waals surface area contributed by atoms with Crippen molar-refractivity contribution >= 4 is 0 Å². The lowest BCUT2D eigenvalue weighted by Crippen LogP contribution is -2.18. The Hall–Kier alpha value is -1.88. The number of halogens is 4. The maximum atomic E-state index is 13.2. The van der Waals surface area contributed by atoms with E-state index in [1.54, 1.807) is 6.92 Å². The number of hydrogen-bond acceptors (Lipinski definition) is 1. The first kappa shape index (κ1) is 14.5. The van der Waals surface area contributed by atoms with E-state index in [0.29, 0.717) is 5.56 Å². The van der Waals surface area contributed by atoms with E-state index in [9.17, 15) is 17.6 Å². The maximum absolute atomic E-state index is 13.2. The minimum atomic E-state index is -0.776. The van der Waals surface area contributed by atoms with E-state index in [-0.39, 0.29) is 5.56 Å². The molecule has 0 radical (unpaired) electrons. The molecule has 2 aromatic rings. The third-order valence-electron chi connectivity index (χ3n) is 3.22. The molecule has 0 aliphatic rings. The number of nitrogens with two attached hydrogens (primary N) is 1. The van der Waals surface area contributed by atoms with Gasteiger partial charge in [0.15, 0.2) is 0 Å². The largest absolute Gasteiger partial charge is 0.323 e. The summed E-state index contributed by atoms with van der Waals surface area (Å²) in [4.78, 5) is 0. The predicted octanol–water partition coefficient (Wildman–Crippen LogP) is 4.05. The van der Waals surface area contributed by atoms with Gasteiger partial charge in [0, 0.05) is 24.1 Å². The van der Waals surface area contributed by atoms with Crippen LogP contribution in [0.3, 0.4) is 0 Å². The van der Waals surface area contributed by atoms with Gasteiger partial charge >= 0.3 is 0 Å². The number of benzene rings is 2. The van der Waals surface area contributed by atoms with E-state index >= 15 is 0 Å². The molecule has 0 heterocycles. The first-order valence-electron chi connectivity index (χ1n) is 6.04. The lowest BCUT2D eigenvalue weighted by atomic mass is 9.89. The third-order valence-corrected chi connectivity index (χ3v) is 3.22. The van der Waals surface area contributed by atoms with Crippen LogP contribution in [0.4, 0.5) is 17.6 Å². The van der Waals surface area contributed by atoms with E-state index in [1.165, 1.54) is 0 Å². The molecule has 1 nitrogen and oxygen atoms in total. The summed E-state index contributed by atoms with van der Waals surface area (Å²) >= 11 is 0. The van der Waals surface area contributed by atoms with E-state index in [4.69, 9.17) is 5.73 Å². The van der Waals surface area contributed by atoms with Crippen molar-refractivity contribution in [3.8, 4) is 0 Å². The van der Waals surface area contributed by atoms with Crippen LogP contribution in [0.1, 0.15) is 30.0 Å². The summed E-state index contributed by atoms with van der Waals surface area (Å²) in [6.07, 6.45) is 0. The Labute approximate surface area is 114 Å². The van der Waals surface area contributed by atoms with Gasteiger partial charge in [0.1, 0.15) is 23.3 Å². The van der Waals surface area contributed by atoms with Gasteiger partial charge in [0.25, 0.3) is 0 Å². The van der Waals surface area contributed by atoms with Gasteiger partial charge < -0.3 is 5.73 Å². The minimum Gasteiger partial charge on any atom is -0.323 e. The number of hydrogen-bond donors (Lipinski definition) is 1. The summed E-state index contributed by atoms with van der Waals surface area (Å²) in [7, 11) is 0. The lowest BCUT2D eigenvalue weighted by molar-refractivity contribution is 0.542. The zero-order valence-corrected chi connectivity index (χ0v) is 10.7. The number of rotatable bonds is 3. The molecule has 5 heteroatoms. The molecule has 0 aromatic heterocycles. The van der Waals surface area contributed by atoms with Crippen molar-refractivity contribution in [1.82, 2.24) is 0 Å². The second kappa shape index (κ2) is 5.63. The van der Waals surface area contributed by atoms with Crippen LogP contribution in [-0.4, -0.2) is 0 Å². The topological polar surface area (TPSA) is 26.0 Å². The zero-order valence-electron chi connectivity index (χ0n) is 10.7. The fourth-order valence-corrected chi connectivity index (χ4v) is 2.10. The average Bonchev–Trinajstić information content (AvgIpc) is 2.34. The molecular weight excluding hydrogens is 270 g/mol. The molecule has 0 spiro atoms. The standard InChI is InChI=1S/C15H13F4N/c1-8(9-2-11(16)6-12(17)3-9)15(20)10-4-13(18)7-14(19)5-10/h2-8,15H,20H2,1H3/t8-,15+/m0/s1. The van der Waals surface area contributed by atoms with Crippen molar-refractivity contribution in [2.24, 2.45) is 5.73 Å². The molecule has 106 valence electrons. The first-order chi connectivity index (χ1) is 9.36. The molecule has 2 rings (SSSR count). The molecular formula is C15H13F4N. The summed E-state index contributed by atoms with van der Waals surface area (Å²) in [5.41, 5.74) is 6.50. The van der Waals surface area contributed by atoms with Crippen LogP contribution in [0.5, 0.6) is 0 Å². The van der Waals surface area contributed by atoms with Crippen LogP contribution in [0, 0.1) is 23.3 Å². The SMILES string of the molecule is C[C@@H](c1cc(F)cc(F)c1)[C@@H](N)c1cc(F)cc(F)c1. The highest BCUT2D eigenvalue weighted by Crippen LogP contribution is 2.30. The van der Waals surface area contributed by atoms with Crippen molar-refractivity contribution in [2.75, 3.05) is 0 Å². The molecule has 0 unspecified atom stereocenters. The van der Waals surface area contributed by atoms with E-state index in [0.717, 1.165) is 36.4 Å². The van der Waals surface area contributed by atoms with Crippen molar-refractivity contribution in [3.63, 3.8) is 0 Å². The van der Waals surface area contributed by atoms with Crippen molar-refractivity contribution in [1.29, 1.82) is 0 Å². The van der Waals surface area contributed by atoms with Gasteiger partial charge in [-0.25, -0.2) is 17.6 Å². The molecule has 2 atom stereocenters. The van der Waals surface area contributed by atoms with E-state index < -0.39 is 35.2 Å². The first-order valence-corrected chi connectivity index (χ1v) is 6.04. The van der Waals surface area contributed by atoms with Gasteiger partial charge in [0.05, 0.1) is 0 Å². The van der Waals surface area contributed by atoms with Crippen LogP contribution < -0.4 is 5.73 Å². The van der Waals surface area contributed by atoms with Crippen LogP contribution in [-0.2, 0) is 0 Å². The molecule has 0 aliphatic heterocycles. The van der Waals surface area contributed by atoms with Gasteiger partial charge in [-0.1, -0.05) is 6.92 Å². The fourth-order valence-electron chi connectivity index (χ4n) is 2.10. The second-order valence-electron chi connectivity index (χ2n) is 4.72. The summed E-state index contributed by atoms with van der Waals surface area (Å²) in [6.45, 7) is 1.64. The molecule has 20 heavy (non-hydrogen) atoms. The normalized spacial score (nSPS) is 14.1. The second-order valence-corrected chi connectivity index (χ2v) is 4.72. The highest BCUT2D eigenvalue weighted by Gasteiger charge is 2.19. The third kappa shape index (κ3) is 3.17. The predicted molar refractivity (Wildman–Crippen MR) is 68.1 cm³/mol. The van der Waals surface area contributed by atoms with Crippen molar-refractivity contribution in [2.45, 2.75) is 18.9 Å². The monoisotopic (exact) mass is 283 g/mol. The van der Waals surface area contributed by atoms with Gasteiger partial charge in [-0.3, -0.25) is 0 Å². The van der Waals surface area contributed by atoms with Crippen LogP contribution >= 0.6 is 0 Å². The molecule has 0 aliphatic carbocycles. The molecule has 2 aromatic carbocycles. The molecule has 2 N–H and O–H groups in total. The Morgan fingerprint density at radius 2 is 1.05 bits per heavy atom. The van der Waals surface area contributed by atoms with E-state index in [2.05, 4.69) is 0 Å². The molecule has 0 saturated carbocycles. The molecule has 0 bridgehead atoms. The Morgan fingerprint density at radius 1 is 0.700 bits per heavy atom. The zero-order chi connectivity index (χ0) is 14.9. The highest BCUT2D eigenvalue weighted by atomic mass is 19.1. The van der Waals surface area contributed by atoms with Gasteiger partial charge in [-0.15, -0.1) is 0 Å². The summed E-state index contributed by atoms with van der Waals surface area (Å²) in [5.74, 6) is -3.42. The summed E-state index contributed by atoms with van der Waals surface area (Å²) < 4.78 is 52.7. The lowest BCUT2D eigenvalue weighted by Gasteiger charge is -2.21. The van der Waals surface area contributed by atoms with Crippen LogP contribution in [0.2, 0.25) is 0 Å². The Kier molecular flexibility index (Phi) is 4.09. The Morgan fingerprint density at radius 3 is 1.45 bits per heavy atom. The Balaban J connectivity index is 2.34. The average molecular weight is 283 g/mol. The van der Waals surface area contributed by atoms with Gasteiger partial charge in [-0.2, -0.15) is 0 Å². The summed E-state index contributed by atoms with van der Waals surface area (Å²) in [5, 5.41) is 0. The fraction of sp³-hybridized carbons (Fsp3) is 0.200. The smallest absolute Gasteiger partial charge is 0.126 e. The van der Waals surface area contributed by atoms with E-state index in [1.807, 2.05) is 0 Å². The quantitative estimate of drug-likeness (QED) is 0.845. The molecule has 0 fully saturated rings. The van der Waals surface area contributed by atoms with Crippen LogP contribution in [0.25, 0.3) is 0 Å². The Bertz CT molecular complexity index is 531. The maximum Gasteiger partial charge on any atom is 0.126 e. The highest BCUT2D eigenvalue weighted by molar-refractivity contribution is 5.29. The van der Waals surface area contributed by atoms with Crippen molar-refractivity contribution in [3.05, 3.63) is 70.8 Å². The molecule has 0 amide bonds.